The third-order valence-corrected chi connectivity index (χ3v) is 8.89. The summed E-state index contributed by atoms with van der Waals surface area (Å²) in [6.45, 7) is 10.2. The minimum atomic E-state index is -0.0154. The molecule has 3 aromatic carbocycles. The van der Waals surface area contributed by atoms with Gasteiger partial charge < -0.3 is 4.57 Å². The van der Waals surface area contributed by atoms with E-state index in [1.54, 1.807) is 0 Å². The van der Waals surface area contributed by atoms with E-state index in [9.17, 15) is 0 Å². The maximum atomic E-state index is 3.65. The van der Waals surface area contributed by atoms with Crippen molar-refractivity contribution in [3.05, 3.63) is 97.6 Å². The molecule has 5 rings (SSSR count). The summed E-state index contributed by atoms with van der Waals surface area (Å²) < 4.78 is 4.93. The molecule has 1 aromatic heterocycles. The molecule has 1 heterocycles. The van der Waals surface area contributed by atoms with Crippen molar-refractivity contribution >= 4 is 48.8 Å². The van der Waals surface area contributed by atoms with E-state index in [-0.39, 0.29) is 5.41 Å². The normalized spacial score (nSPS) is 17.1. The molecular formula is C33H35Br2N. The van der Waals surface area contributed by atoms with Gasteiger partial charge in [-0.15, -0.1) is 0 Å². The van der Waals surface area contributed by atoms with Crippen molar-refractivity contribution in [3.8, 4) is 11.1 Å². The topological polar surface area (TPSA) is 4.93 Å². The Bertz CT molecular complexity index is 1460. The van der Waals surface area contributed by atoms with Crippen molar-refractivity contribution in [3.63, 3.8) is 0 Å². The Hall–Kier alpha value is -2.10. The van der Waals surface area contributed by atoms with Crippen molar-refractivity contribution in [2.75, 3.05) is 0 Å². The van der Waals surface area contributed by atoms with Crippen molar-refractivity contribution in [1.82, 2.24) is 4.57 Å². The molecule has 4 aromatic rings. The first-order valence-corrected chi connectivity index (χ1v) is 14.8. The summed E-state index contributed by atoms with van der Waals surface area (Å²) in [5.41, 5.74) is 10.9. The first-order chi connectivity index (χ1) is 17.3. The summed E-state index contributed by atoms with van der Waals surface area (Å²) >= 11 is 7.27. The third-order valence-electron chi connectivity index (χ3n) is 7.91. The fraction of sp³-hybridized carbons (Fsp3) is 0.333. The van der Waals surface area contributed by atoms with Gasteiger partial charge in [0, 0.05) is 49.5 Å². The minimum absolute atomic E-state index is 0.0154. The van der Waals surface area contributed by atoms with Crippen molar-refractivity contribution in [2.24, 2.45) is 0 Å². The van der Waals surface area contributed by atoms with Crippen LogP contribution in [0.1, 0.15) is 67.5 Å². The number of aryl methyl sites for hydroxylation is 3. The SMILES string of the molecule is CCCCCCn1c2c(c3ccc(-c4ccc(Br)cc4C)cc31)C=CC(C)(c1ccc(Br)cc1C)C2. The van der Waals surface area contributed by atoms with Crippen LogP contribution in [0.15, 0.2) is 69.6 Å². The lowest BCUT2D eigenvalue weighted by Crippen LogP contribution is -2.27. The van der Waals surface area contributed by atoms with E-state index >= 15 is 0 Å². The van der Waals surface area contributed by atoms with Crippen molar-refractivity contribution in [1.29, 1.82) is 0 Å². The number of unbranched alkanes of at least 4 members (excludes halogenated alkanes) is 3. The monoisotopic (exact) mass is 603 g/mol. The molecule has 0 aliphatic heterocycles. The zero-order chi connectivity index (χ0) is 25.4. The van der Waals surface area contributed by atoms with Gasteiger partial charge in [-0.25, -0.2) is 0 Å². The van der Waals surface area contributed by atoms with Crippen LogP contribution in [0.3, 0.4) is 0 Å². The molecule has 0 fully saturated rings. The highest BCUT2D eigenvalue weighted by Gasteiger charge is 2.32. The molecule has 0 amide bonds. The van der Waals surface area contributed by atoms with Crippen LogP contribution < -0.4 is 0 Å². The van der Waals surface area contributed by atoms with Crippen LogP contribution >= 0.6 is 31.9 Å². The van der Waals surface area contributed by atoms with Crippen molar-refractivity contribution < 1.29 is 0 Å². The number of aromatic nitrogens is 1. The van der Waals surface area contributed by atoms with Gasteiger partial charge in [0.05, 0.1) is 0 Å². The van der Waals surface area contributed by atoms with Crippen LogP contribution in [0.5, 0.6) is 0 Å². The Morgan fingerprint density at radius 3 is 2.33 bits per heavy atom. The minimum Gasteiger partial charge on any atom is -0.344 e. The molecule has 0 saturated carbocycles. The van der Waals surface area contributed by atoms with E-state index in [4.69, 9.17) is 0 Å². The first kappa shape index (κ1) is 25.5. The Balaban J connectivity index is 1.63. The van der Waals surface area contributed by atoms with Gasteiger partial charge in [-0.05, 0) is 78.4 Å². The average molecular weight is 605 g/mol. The summed E-state index contributed by atoms with van der Waals surface area (Å²) in [4.78, 5) is 0. The maximum absolute atomic E-state index is 3.65. The Morgan fingerprint density at radius 1 is 0.861 bits per heavy atom. The molecule has 0 spiro atoms. The van der Waals surface area contributed by atoms with Gasteiger partial charge in [-0.3, -0.25) is 0 Å². The van der Waals surface area contributed by atoms with Gasteiger partial charge in [-0.2, -0.15) is 0 Å². The number of nitrogens with zero attached hydrogens (tertiary/aromatic N) is 1. The zero-order valence-electron chi connectivity index (χ0n) is 21.8. The highest BCUT2D eigenvalue weighted by atomic mass is 79.9. The first-order valence-electron chi connectivity index (χ1n) is 13.2. The molecule has 1 atom stereocenters. The fourth-order valence-corrected chi connectivity index (χ4v) is 6.95. The molecule has 1 aliphatic carbocycles. The number of benzene rings is 3. The van der Waals surface area contributed by atoms with Crippen molar-refractivity contribution in [2.45, 2.75) is 71.8 Å². The summed E-state index contributed by atoms with van der Waals surface area (Å²) in [5, 5.41) is 1.38. The number of halogens is 2. The van der Waals surface area contributed by atoms with E-state index in [1.807, 2.05) is 0 Å². The molecular weight excluding hydrogens is 570 g/mol. The van der Waals surface area contributed by atoms with Crippen LogP contribution in [-0.2, 0) is 18.4 Å². The molecule has 186 valence electrons. The quantitative estimate of drug-likeness (QED) is 0.185. The number of hydrogen-bond donors (Lipinski definition) is 0. The molecule has 3 heteroatoms. The molecule has 36 heavy (non-hydrogen) atoms. The van der Waals surface area contributed by atoms with E-state index in [1.165, 1.54) is 75.7 Å². The van der Waals surface area contributed by atoms with E-state index in [2.05, 4.69) is 131 Å². The average Bonchev–Trinajstić information content (AvgIpc) is 3.13. The largest absolute Gasteiger partial charge is 0.344 e. The van der Waals surface area contributed by atoms with Crippen LogP contribution in [0.25, 0.3) is 28.1 Å². The Labute approximate surface area is 232 Å². The second-order valence-electron chi connectivity index (χ2n) is 10.7. The maximum Gasteiger partial charge on any atom is 0.0495 e. The highest BCUT2D eigenvalue weighted by Crippen LogP contribution is 2.42. The van der Waals surface area contributed by atoms with Gasteiger partial charge in [0.25, 0.3) is 0 Å². The smallest absolute Gasteiger partial charge is 0.0495 e. The molecule has 0 N–H and O–H groups in total. The number of hydrogen-bond acceptors (Lipinski definition) is 0. The molecule has 1 unspecified atom stereocenters. The number of allylic oxidation sites excluding steroid dienone is 1. The Kier molecular flexibility index (Phi) is 7.34. The lowest BCUT2D eigenvalue weighted by Gasteiger charge is -2.32. The summed E-state index contributed by atoms with van der Waals surface area (Å²) in [7, 11) is 0. The van der Waals surface area contributed by atoms with E-state index < -0.39 is 0 Å². The second-order valence-corrected chi connectivity index (χ2v) is 12.5. The molecule has 0 saturated heterocycles. The lowest BCUT2D eigenvalue weighted by atomic mass is 9.73. The van der Waals surface area contributed by atoms with Gasteiger partial charge in [0.1, 0.15) is 0 Å². The van der Waals surface area contributed by atoms with E-state index in [0.29, 0.717) is 0 Å². The molecule has 1 aliphatic rings. The number of rotatable bonds is 7. The summed E-state index contributed by atoms with van der Waals surface area (Å²) in [5.74, 6) is 0. The summed E-state index contributed by atoms with van der Waals surface area (Å²) in [6, 6.07) is 20.4. The van der Waals surface area contributed by atoms with Gasteiger partial charge in [0.2, 0.25) is 0 Å². The fourth-order valence-electron chi connectivity index (χ4n) is 6.00. The third kappa shape index (κ3) is 4.77. The predicted molar refractivity (Wildman–Crippen MR) is 163 cm³/mol. The van der Waals surface area contributed by atoms with Gasteiger partial charge in [-0.1, -0.05) is 101 Å². The van der Waals surface area contributed by atoms with Gasteiger partial charge in [0.15, 0.2) is 0 Å². The number of fused-ring (bicyclic) bond motifs is 3. The Morgan fingerprint density at radius 2 is 1.61 bits per heavy atom. The highest BCUT2D eigenvalue weighted by molar-refractivity contribution is 9.10. The van der Waals surface area contributed by atoms with E-state index in [0.717, 1.165) is 21.9 Å². The standard InChI is InChI=1S/C33H35Br2N/c1-5-6-7-8-17-36-31-20-24(27-13-10-25(34)18-22(27)2)9-12-28(31)29-15-16-33(4,21-32(29)36)30-14-11-26(35)19-23(30)3/h9-16,18-20H,5-8,17,21H2,1-4H3. The predicted octanol–water partition coefficient (Wildman–Crippen LogP) is 10.6. The van der Waals surface area contributed by atoms with Crippen LogP contribution in [0.2, 0.25) is 0 Å². The molecule has 1 nitrogen and oxygen atoms in total. The lowest BCUT2D eigenvalue weighted by molar-refractivity contribution is 0.528. The van der Waals surface area contributed by atoms with Crippen LogP contribution in [-0.4, -0.2) is 4.57 Å². The van der Waals surface area contributed by atoms with Crippen LogP contribution in [0.4, 0.5) is 0 Å². The summed E-state index contributed by atoms with van der Waals surface area (Å²) in [6.07, 6.45) is 11.0. The van der Waals surface area contributed by atoms with Crippen LogP contribution in [0, 0.1) is 13.8 Å². The zero-order valence-corrected chi connectivity index (χ0v) is 25.0. The molecule has 0 bridgehead atoms. The second kappa shape index (κ2) is 10.3. The van der Waals surface area contributed by atoms with Gasteiger partial charge >= 0.3 is 0 Å². The molecule has 0 radical (unpaired) electrons.